The molecule has 20 heavy (non-hydrogen) atoms. The Kier molecular flexibility index (Phi) is 4.58. The molecule has 2 aromatic carbocycles. The van der Waals surface area contributed by atoms with Crippen molar-refractivity contribution >= 4 is 23.3 Å². The molecule has 0 radical (unpaired) electrons. The lowest BCUT2D eigenvalue weighted by molar-refractivity contribution is 0.0601. The van der Waals surface area contributed by atoms with E-state index >= 15 is 0 Å². The summed E-state index contributed by atoms with van der Waals surface area (Å²) in [6.45, 7) is 0.477. The minimum Gasteiger partial charge on any atom is -0.465 e. The molecule has 0 amide bonds. The summed E-state index contributed by atoms with van der Waals surface area (Å²) in [5.41, 5.74) is 1.95. The first-order chi connectivity index (χ1) is 9.60. The van der Waals surface area contributed by atoms with Crippen molar-refractivity contribution in [2.75, 3.05) is 12.4 Å². The van der Waals surface area contributed by atoms with Crippen LogP contribution in [0.1, 0.15) is 15.9 Å². The minimum absolute atomic E-state index is 0.278. The maximum absolute atomic E-state index is 12.8. The molecule has 0 atom stereocenters. The van der Waals surface area contributed by atoms with Crippen LogP contribution in [0.5, 0.6) is 0 Å². The molecule has 0 aliphatic heterocycles. The van der Waals surface area contributed by atoms with Crippen molar-refractivity contribution in [2.45, 2.75) is 6.54 Å². The third-order valence-corrected chi connectivity index (χ3v) is 3.11. The van der Waals surface area contributed by atoms with Crippen LogP contribution in [0.2, 0.25) is 5.02 Å². The van der Waals surface area contributed by atoms with E-state index in [0.717, 1.165) is 5.56 Å². The second-order valence-corrected chi connectivity index (χ2v) is 4.57. The molecule has 0 unspecified atom stereocenters. The zero-order valence-electron chi connectivity index (χ0n) is 10.8. The van der Waals surface area contributed by atoms with Crippen LogP contribution in [0.15, 0.2) is 42.5 Å². The average molecular weight is 294 g/mol. The van der Waals surface area contributed by atoms with E-state index in [2.05, 4.69) is 10.1 Å². The van der Waals surface area contributed by atoms with Gasteiger partial charge in [0.2, 0.25) is 0 Å². The molecule has 104 valence electrons. The minimum atomic E-state index is -0.425. The highest BCUT2D eigenvalue weighted by molar-refractivity contribution is 6.33. The monoisotopic (exact) mass is 293 g/mol. The van der Waals surface area contributed by atoms with Crippen molar-refractivity contribution in [3.05, 3.63) is 64.4 Å². The first-order valence-corrected chi connectivity index (χ1v) is 6.34. The van der Waals surface area contributed by atoms with Crippen LogP contribution in [-0.2, 0) is 11.3 Å². The van der Waals surface area contributed by atoms with Gasteiger partial charge >= 0.3 is 5.97 Å². The number of carbonyl (C=O) groups excluding carboxylic acids is 1. The van der Waals surface area contributed by atoms with E-state index in [1.54, 1.807) is 30.3 Å². The molecule has 0 aromatic heterocycles. The molecular formula is C15H13ClFNO2. The topological polar surface area (TPSA) is 38.3 Å². The van der Waals surface area contributed by atoms with Gasteiger partial charge in [0.15, 0.2) is 0 Å². The van der Waals surface area contributed by atoms with Crippen LogP contribution >= 0.6 is 11.6 Å². The number of nitrogens with one attached hydrogen (secondary N) is 1. The number of halogens is 2. The van der Waals surface area contributed by atoms with E-state index in [1.165, 1.54) is 19.2 Å². The van der Waals surface area contributed by atoms with Gasteiger partial charge < -0.3 is 10.1 Å². The third kappa shape index (κ3) is 3.48. The Morgan fingerprint density at radius 2 is 1.95 bits per heavy atom. The number of rotatable bonds is 4. The molecule has 0 bridgehead atoms. The van der Waals surface area contributed by atoms with Crippen LogP contribution < -0.4 is 5.32 Å². The molecular weight excluding hydrogens is 281 g/mol. The molecule has 0 fully saturated rings. The zero-order valence-corrected chi connectivity index (χ0v) is 11.6. The van der Waals surface area contributed by atoms with Crippen molar-refractivity contribution in [3.63, 3.8) is 0 Å². The Bertz CT molecular complexity index is 614. The summed E-state index contributed by atoms with van der Waals surface area (Å²) in [7, 11) is 1.32. The highest BCUT2D eigenvalue weighted by atomic mass is 35.5. The summed E-state index contributed by atoms with van der Waals surface area (Å²) >= 11 is 6.06. The summed E-state index contributed by atoms with van der Waals surface area (Å²) in [6.07, 6.45) is 0. The van der Waals surface area contributed by atoms with Crippen LogP contribution in [0.3, 0.4) is 0 Å². The van der Waals surface area contributed by atoms with Gasteiger partial charge in [-0.3, -0.25) is 0 Å². The Labute approximate surface area is 121 Å². The van der Waals surface area contributed by atoms with Gasteiger partial charge in [0.25, 0.3) is 0 Å². The number of hydrogen-bond acceptors (Lipinski definition) is 3. The lowest BCUT2D eigenvalue weighted by Gasteiger charge is -2.10. The van der Waals surface area contributed by atoms with E-state index in [0.29, 0.717) is 22.8 Å². The number of ether oxygens (including phenoxy) is 1. The highest BCUT2D eigenvalue weighted by Crippen LogP contribution is 2.24. The predicted octanol–water partition coefficient (Wildman–Crippen LogP) is 3.88. The second-order valence-electron chi connectivity index (χ2n) is 4.17. The quantitative estimate of drug-likeness (QED) is 0.870. The molecule has 0 heterocycles. The van der Waals surface area contributed by atoms with Crippen LogP contribution in [0.25, 0.3) is 0 Å². The molecule has 0 aliphatic carbocycles. The van der Waals surface area contributed by atoms with Crippen LogP contribution in [0.4, 0.5) is 10.1 Å². The first kappa shape index (κ1) is 14.3. The average Bonchev–Trinajstić information content (AvgIpc) is 2.47. The van der Waals surface area contributed by atoms with Gasteiger partial charge in [0, 0.05) is 6.54 Å². The van der Waals surface area contributed by atoms with E-state index < -0.39 is 5.97 Å². The molecule has 0 saturated carbocycles. The molecule has 5 heteroatoms. The van der Waals surface area contributed by atoms with Gasteiger partial charge in [-0.25, -0.2) is 9.18 Å². The van der Waals surface area contributed by atoms with E-state index in [-0.39, 0.29) is 5.82 Å². The number of methoxy groups -OCH3 is 1. The van der Waals surface area contributed by atoms with Crippen molar-refractivity contribution in [1.29, 1.82) is 0 Å². The predicted molar refractivity (Wildman–Crippen MR) is 76.5 cm³/mol. The van der Waals surface area contributed by atoms with Gasteiger partial charge in [-0.15, -0.1) is 0 Å². The molecule has 1 N–H and O–H groups in total. The fraction of sp³-hybridized carbons (Fsp3) is 0.133. The fourth-order valence-corrected chi connectivity index (χ4v) is 1.89. The van der Waals surface area contributed by atoms with Crippen LogP contribution in [0, 0.1) is 5.82 Å². The van der Waals surface area contributed by atoms with Crippen molar-refractivity contribution in [3.8, 4) is 0 Å². The van der Waals surface area contributed by atoms with Gasteiger partial charge in [-0.2, -0.15) is 0 Å². The van der Waals surface area contributed by atoms with E-state index in [9.17, 15) is 9.18 Å². The molecule has 0 spiro atoms. The maximum Gasteiger partial charge on any atom is 0.337 e. The highest BCUT2D eigenvalue weighted by Gasteiger charge is 2.08. The van der Waals surface area contributed by atoms with Gasteiger partial charge in [-0.1, -0.05) is 23.7 Å². The Morgan fingerprint density at radius 3 is 2.60 bits per heavy atom. The number of carbonyl (C=O) groups is 1. The van der Waals surface area contributed by atoms with E-state index in [4.69, 9.17) is 11.6 Å². The summed E-state index contributed by atoms with van der Waals surface area (Å²) in [5.74, 6) is -0.703. The Hall–Kier alpha value is -2.07. The number of benzene rings is 2. The van der Waals surface area contributed by atoms with Crippen molar-refractivity contribution in [1.82, 2.24) is 0 Å². The lowest BCUT2D eigenvalue weighted by atomic mass is 10.2. The molecule has 0 aliphatic rings. The Morgan fingerprint density at radius 1 is 1.25 bits per heavy atom. The fourth-order valence-electron chi connectivity index (χ4n) is 1.71. The number of hydrogen-bond donors (Lipinski definition) is 1. The largest absolute Gasteiger partial charge is 0.465 e. The normalized spacial score (nSPS) is 10.2. The summed E-state index contributed by atoms with van der Waals surface area (Å²) in [6, 6.07) is 11.0. The summed E-state index contributed by atoms with van der Waals surface area (Å²) in [5, 5.41) is 3.61. The SMILES string of the molecule is COC(=O)c1ccc(Cl)c(NCc2ccc(F)cc2)c1. The number of anilines is 1. The standard InChI is InChI=1S/C15H13ClFNO2/c1-20-15(19)11-4-7-13(16)14(8-11)18-9-10-2-5-12(17)6-3-10/h2-8,18H,9H2,1H3. The number of esters is 1. The van der Waals surface area contributed by atoms with Crippen molar-refractivity contribution < 1.29 is 13.9 Å². The molecule has 0 saturated heterocycles. The Balaban J connectivity index is 2.12. The third-order valence-electron chi connectivity index (χ3n) is 2.78. The lowest BCUT2D eigenvalue weighted by Crippen LogP contribution is -2.04. The maximum atomic E-state index is 12.8. The first-order valence-electron chi connectivity index (χ1n) is 5.96. The van der Waals surface area contributed by atoms with Gasteiger partial charge in [0.05, 0.1) is 23.4 Å². The van der Waals surface area contributed by atoms with Gasteiger partial charge in [-0.05, 0) is 35.9 Å². The smallest absolute Gasteiger partial charge is 0.337 e. The van der Waals surface area contributed by atoms with Gasteiger partial charge in [0.1, 0.15) is 5.82 Å². The second kappa shape index (κ2) is 6.39. The van der Waals surface area contributed by atoms with Crippen molar-refractivity contribution in [2.24, 2.45) is 0 Å². The molecule has 2 rings (SSSR count). The molecule has 2 aromatic rings. The molecule has 3 nitrogen and oxygen atoms in total. The summed E-state index contributed by atoms with van der Waals surface area (Å²) in [4.78, 5) is 11.5. The van der Waals surface area contributed by atoms with Crippen LogP contribution in [-0.4, -0.2) is 13.1 Å². The van der Waals surface area contributed by atoms with E-state index in [1.807, 2.05) is 0 Å². The summed E-state index contributed by atoms with van der Waals surface area (Å²) < 4.78 is 17.5. The zero-order chi connectivity index (χ0) is 14.5.